The van der Waals surface area contributed by atoms with Gasteiger partial charge in [-0.15, -0.1) is 0 Å². The number of nitrogens with zero attached hydrogens (tertiary/aromatic N) is 2. The van der Waals surface area contributed by atoms with E-state index < -0.39 is 74.7 Å². The highest BCUT2D eigenvalue weighted by Gasteiger charge is 2.41. The van der Waals surface area contributed by atoms with Crippen molar-refractivity contribution >= 4 is 28.8 Å². The SMILES string of the molecule is CC1(C)CN(c2c(F)cc3c(c2F)N=C(c2ccc(F)cc2F)C(C(=O)O)C3=O)CCN1. The number of Topliss-reactive ketones (excluding diaryl/α,β-unsaturated/α-hetero) is 1. The molecular weight excluding hydrogens is 430 g/mol. The quantitative estimate of drug-likeness (QED) is 0.554. The number of carbonyl (C=O) groups excluding carboxylic acids is 1. The van der Waals surface area contributed by atoms with Crippen molar-refractivity contribution in [2.24, 2.45) is 10.9 Å². The molecule has 2 aliphatic heterocycles. The van der Waals surface area contributed by atoms with Gasteiger partial charge in [0.25, 0.3) is 0 Å². The lowest BCUT2D eigenvalue weighted by atomic mass is 9.85. The normalized spacial score (nSPS) is 20.1. The summed E-state index contributed by atoms with van der Waals surface area (Å²) < 4.78 is 58.2. The molecule has 0 spiro atoms. The van der Waals surface area contributed by atoms with Crippen molar-refractivity contribution in [1.29, 1.82) is 0 Å². The first kappa shape index (κ1) is 21.9. The van der Waals surface area contributed by atoms with Gasteiger partial charge < -0.3 is 15.3 Å². The molecule has 1 fully saturated rings. The number of benzene rings is 2. The maximum atomic E-state index is 15.5. The van der Waals surface area contributed by atoms with E-state index in [4.69, 9.17) is 0 Å². The molecule has 168 valence electrons. The first-order valence-electron chi connectivity index (χ1n) is 9.83. The molecule has 1 saturated heterocycles. The van der Waals surface area contributed by atoms with Crippen LogP contribution in [0.15, 0.2) is 29.3 Å². The van der Waals surface area contributed by atoms with Gasteiger partial charge in [0.1, 0.15) is 28.8 Å². The number of halogens is 4. The van der Waals surface area contributed by atoms with Crippen LogP contribution in [0.25, 0.3) is 0 Å². The van der Waals surface area contributed by atoms with E-state index in [-0.39, 0.29) is 13.1 Å². The van der Waals surface area contributed by atoms with E-state index in [1.54, 1.807) is 0 Å². The van der Waals surface area contributed by atoms with E-state index in [9.17, 15) is 27.9 Å². The number of carboxylic acids is 1. The molecule has 4 rings (SSSR count). The van der Waals surface area contributed by atoms with Crippen LogP contribution in [0.3, 0.4) is 0 Å². The zero-order valence-corrected chi connectivity index (χ0v) is 17.2. The maximum absolute atomic E-state index is 15.5. The fraction of sp³-hybridized carbons (Fsp3) is 0.318. The summed E-state index contributed by atoms with van der Waals surface area (Å²) in [7, 11) is 0. The van der Waals surface area contributed by atoms with E-state index in [1.165, 1.54) is 4.90 Å². The minimum Gasteiger partial charge on any atom is -0.480 e. The molecule has 0 amide bonds. The number of aliphatic imine (C=N–C) groups is 1. The first-order valence-corrected chi connectivity index (χ1v) is 9.83. The van der Waals surface area contributed by atoms with Crippen LogP contribution < -0.4 is 10.2 Å². The smallest absolute Gasteiger partial charge is 0.320 e. The molecule has 2 aromatic carbocycles. The molecular formula is C22H19F4N3O3. The second-order valence-electron chi connectivity index (χ2n) is 8.41. The van der Waals surface area contributed by atoms with Crippen molar-refractivity contribution in [3.05, 3.63) is 58.7 Å². The van der Waals surface area contributed by atoms with E-state index >= 15 is 4.39 Å². The van der Waals surface area contributed by atoms with E-state index in [0.29, 0.717) is 12.6 Å². The minimum absolute atomic E-state index is 0.258. The Morgan fingerprint density at radius 1 is 1.16 bits per heavy atom. The van der Waals surface area contributed by atoms with Crippen LogP contribution in [0.4, 0.5) is 28.9 Å². The second kappa shape index (κ2) is 7.70. The average Bonchev–Trinajstić information content (AvgIpc) is 2.68. The van der Waals surface area contributed by atoms with E-state index in [0.717, 1.165) is 18.2 Å². The summed E-state index contributed by atoms with van der Waals surface area (Å²) in [6.07, 6.45) is 0. The number of rotatable bonds is 3. The van der Waals surface area contributed by atoms with Crippen molar-refractivity contribution in [3.8, 4) is 0 Å². The molecule has 32 heavy (non-hydrogen) atoms. The standard InChI is InChI=1S/C22H19F4N3O3/c1-22(2)9-29(6-5-27-22)19-14(25)8-12-18(16(19)26)28-17(15(20(12)30)21(31)32)11-4-3-10(23)7-13(11)24/h3-4,7-8,15,27H,5-6,9H2,1-2H3,(H,31,32). The Hall–Kier alpha value is -3.27. The van der Waals surface area contributed by atoms with Gasteiger partial charge in [-0.05, 0) is 32.0 Å². The zero-order chi connectivity index (χ0) is 23.4. The van der Waals surface area contributed by atoms with Gasteiger partial charge in [-0.1, -0.05) is 0 Å². The fourth-order valence-corrected chi connectivity index (χ4v) is 4.12. The van der Waals surface area contributed by atoms with Crippen LogP contribution in [0.1, 0.15) is 29.8 Å². The molecule has 10 heteroatoms. The Balaban J connectivity index is 1.92. The van der Waals surface area contributed by atoms with Gasteiger partial charge in [-0.2, -0.15) is 0 Å². The number of hydrogen-bond acceptors (Lipinski definition) is 5. The summed E-state index contributed by atoms with van der Waals surface area (Å²) in [5.41, 5.74) is -2.99. The summed E-state index contributed by atoms with van der Waals surface area (Å²) >= 11 is 0. The van der Waals surface area contributed by atoms with Crippen molar-refractivity contribution in [2.45, 2.75) is 19.4 Å². The number of carbonyl (C=O) groups is 2. The summed E-state index contributed by atoms with van der Waals surface area (Å²) in [5, 5.41) is 12.8. The highest BCUT2D eigenvalue weighted by molar-refractivity contribution is 6.31. The van der Waals surface area contributed by atoms with Crippen LogP contribution in [0.5, 0.6) is 0 Å². The third-order valence-corrected chi connectivity index (χ3v) is 5.54. The Morgan fingerprint density at radius 2 is 1.88 bits per heavy atom. The summed E-state index contributed by atoms with van der Waals surface area (Å²) in [6.45, 7) is 4.72. The predicted octanol–water partition coefficient (Wildman–Crippen LogP) is 3.45. The summed E-state index contributed by atoms with van der Waals surface area (Å²) in [6, 6.07) is 3.07. The number of anilines is 1. The Morgan fingerprint density at radius 3 is 2.50 bits per heavy atom. The van der Waals surface area contributed by atoms with Gasteiger partial charge in [0.2, 0.25) is 0 Å². The van der Waals surface area contributed by atoms with E-state index in [2.05, 4.69) is 10.3 Å². The number of carboxylic acid groups (broad SMARTS) is 1. The fourth-order valence-electron chi connectivity index (χ4n) is 4.12. The Kier molecular flexibility index (Phi) is 5.28. The Labute approximate surface area is 180 Å². The molecule has 0 bridgehead atoms. The topological polar surface area (TPSA) is 82.0 Å². The van der Waals surface area contributed by atoms with Crippen molar-refractivity contribution in [1.82, 2.24) is 5.32 Å². The highest BCUT2D eigenvalue weighted by atomic mass is 19.1. The summed E-state index contributed by atoms with van der Waals surface area (Å²) in [4.78, 5) is 30.1. The molecule has 2 aliphatic rings. The monoisotopic (exact) mass is 449 g/mol. The van der Waals surface area contributed by atoms with Gasteiger partial charge in [-0.25, -0.2) is 22.6 Å². The molecule has 6 nitrogen and oxygen atoms in total. The molecule has 2 N–H and O–H groups in total. The number of fused-ring (bicyclic) bond motifs is 1. The van der Waals surface area contributed by atoms with Gasteiger partial charge in [-0.3, -0.25) is 9.59 Å². The lowest BCUT2D eigenvalue weighted by Gasteiger charge is -2.40. The maximum Gasteiger partial charge on any atom is 0.320 e. The molecule has 1 atom stereocenters. The van der Waals surface area contributed by atoms with Crippen LogP contribution in [0.2, 0.25) is 0 Å². The van der Waals surface area contributed by atoms with Gasteiger partial charge in [0.15, 0.2) is 17.5 Å². The lowest BCUT2D eigenvalue weighted by molar-refractivity contribution is -0.137. The highest BCUT2D eigenvalue weighted by Crippen LogP contribution is 2.40. The zero-order valence-electron chi connectivity index (χ0n) is 17.2. The first-order chi connectivity index (χ1) is 15.0. The molecule has 0 radical (unpaired) electrons. The molecule has 0 aliphatic carbocycles. The minimum atomic E-state index is -2.00. The molecule has 1 unspecified atom stereocenters. The predicted molar refractivity (Wildman–Crippen MR) is 109 cm³/mol. The molecule has 2 heterocycles. The van der Waals surface area contributed by atoms with Crippen LogP contribution in [-0.4, -0.2) is 47.7 Å². The van der Waals surface area contributed by atoms with Gasteiger partial charge >= 0.3 is 5.97 Å². The van der Waals surface area contributed by atoms with Crippen LogP contribution in [-0.2, 0) is 4.79 Å². The number of ketones is 1. The van der Waals surface area contributed by atoms with E-state index in [1.807, 2.05) is 13.8 Å². The molecule has 0 aromatic heterocycles. The van der Waals surface area contributed by atoms with Crippen molar-refractivity contribution < 1.29 is 32.3 Å². The van der Waals surface area contributed by atoms with Crippen molar-refractivity contribution in [3.63, 3.8) is 0 Å². The molecule has 2 aromatic rings. The number of nitrogens with one attached hydrogen (secondary N) is 1. The third kappa shape index (κ3) is 3.64. The van der Waals surface area contributed by atoms with Crippen LogP contribution in [0, 0.1) is 29.2 Å². The summed E-state index contributed by atoms with van der Waals surface area (Å²) in [5.74, 6) is -9.04. The van der Waals surface area contributed by atoms with Gasteiger partial charge in [0, 0.05) is 36.8 Å². The number of hydrogen-bond donors (Lipinski definition) is 2. The largest absolute Gasteiger partial charge is 0.480 e. The number of aliphatic carboxylic acids is 1. The Bertz CT molecular complexity index is 1180. The average molecular weight is 449 g/mol. The third-order valence-electron chi connectivity index (χ3n) is 5.54. The van der Waals surface area contributed by atoms with Crippen LogP contribution >= 0.6 is 0 Å². The van der Waals surface area contributed by atoms with Gasteiger partial charge in [0.05, 0.1) is 11.3 Å². The number of piperazine rings is 1. The lowest BCUT2D eigenvalue weighted by Crippen LogP contribution is -2.57. The molecule has 0 saturated carbocycles. The second-order valence-corrected chi connectivity index (χ2v) is 8.41. The van der Waals surface area contributed by atoms with Crippen molar-refractivity contribution in [2.75, 3.05) is 24.5 Å².